The fourth-order valence-corrected chi connectivity index (χ4v) is 3.28. The van der Waals surface area contributed by atoms with Gasteiger partial charge >= 0.3 is 0 Å². The molecule has 1 aromatic carbocycles. The van der Waals surface area contributed by atoms with Crippen LogP contribution in [0, 0.1) is 0 Å². The third-order valence-electron chi connectivity index (χ3n) is 3.95. The molecule has 2 rings (SSSR count). The monoisotopic (exact) mass is 278 g/mol. The fraction of sp³-hybridized carbons (Fsp3) is 0.625. The number of rotatable bonds is 6. The first-order valence-electron chi connectivity index (χ1n) is 7.32. The van der Waals surface area contributed by atoms with E-state index < -0.39 is 0 Å². The van der Waals surface area contributed by atoms with E-state index in [1.54, 1.807) is 11.8 Å². The molecule has 1 saturated heterocycles. The SMILES string of the molecule is CSc1ccc(C(C)NC(C)CC2CCCN2)cc1. The highest BCUT2D eigenvalue weighted by atomic mass is 32.2. The van der Waals surface area contributed by atoms with Crippen molar-refractivity contribution in [3.8, 4) is 0 Å². The lowest BCUT2D eigenvalue weighted by Gasteiger charge is -2.23. The van der Waals surface area contributed by atoms with E-state index in [0.29, 0.717) is 18.1 Å². The molecular formula is C16H26N2S. The summed E-state index contributed by atoms with van der Waals surface area (Å²) in [5.74, 6) is 0. The van der Waals surface area contributed by atoms with Gasteiger partial charge in [0.05, 0.1) is 0 Å². The van der Waals surface area contributed by atoms with Gasteiger partial charge in [0.1, 0.15) is 0 Å². The third kappa shape index (κ3) is 4.51. The largest absolute Gasteiger partial charge is 0.314 e. The van der Waals surface area contributed by atoms with Gasteiger partial charge in [-0.25, -0.2) is 0 Å². The highest BCUT2D eigenvalue weighted by Crippen LogP contribution is 2.20. The number of hydrogen-bond acceptors (Lipinski definition) is 3. The van der Waals surface area contributed by atoms with Crippen molar-refractivity contribution in [1.82, 2.24) is 10.6 Å². The highest BCUT2D eigenvalue weighted by Gasteiger charge is 2.18. The third-order valence-corrected chi connectivity index (χ3v) is 4.69. The van der Waals surface area contributed by atoms with Crippen LogP contribution in [0.25, 0.3) is 0 Å². The summed E-state index contributed by atoms with van der Waals surface area (Å²) in [6.07, 6.45) is 6.02. The van der Waals surface area contributed by atoms with Crippen LogP contribution < -0.4 is 10.6 Å². The Hall–Kier alpha value is -0.510. The lowest BCUT2D eigenvalue weighted by Crippen LogP contribution is -2.35. The Kier molecular flexibility index (Phi) is 5.74. The van der Waals surface area contributed by atoms with Crippen molar-refractivity contribution >= 4 is 11.8 Å². The number of benzene rings is 1. The van der Waals surface area contributed by atoms with Gasteiger partial charge in [-0.2, -0.15) is 0 Å². The summed E-state index contributed by atoms with van der Waals surface area (Å²) in [6.45, 7) is 5.75. The quantitative estimate of drug-likeness (QED) is 0.778. The standard InChI is InChI=1S/C16H26N2S/c1-12(11-15-5-4-10-17-15)18-13(2)14-6-8-16(19-3)9-7-14/h6-9,12-13,15,17-18H,4-5,10-11H2,1-3H3. The molecule has 19 heavy (non-hydrogen) atoms. The summed E-state index contributed by atoms with van der Waals surface area (Å²) in [4.78, 5) is 1.33. The van der Waals surface area contributed by atoms with Gasteiger partial charge < -0.3 is 10.6 Å². The van der Waals surface area contributed by atoms with Crippen molar-refractivity contribution in [2.45, 2.75) is 56.1 Å². The molecule has 2 N–H and O–H groups in total. The molecule has 0 spiro atoms. The maximum absolute atomic E-state index is 3.71. The molecule has 1 heterocycles. The zero-order chi connectivity index (χ0) is 13.7. The lowest BCUT2D eigenvalue weighted by molar-refractivity contribution is 0.407. The second kappa shape index (κ2) is 7.32. The van der Waals surface area contributed by atoms with E-state index in [1.807, 2.05) is 0 Å². The molecule has 0 bridgehead atoms. The van der Waals surface area contributed by atoms with Crippen LogP contribution >= 0.6 is 11.8 Å². The fourth-order valence-electron chi connectivity index (χ4n) is 2.87. The molecule has 3 heteroatoms. The summed E-state index contributed by atoms with van der Waals surface area (Å²) < 4.78 is 0. The first kappa shape index (κ1) is 14.9. The Morgan fingerprint density at radius 1 is 1.32 bits per heavy atom. The van der Waals surface area contributed by atoms with Gasteiger partial charge in [0.15, 0.2) is 0 Å². The minimum atomic E-state index is 0.423. The Balaban J connectivity index is 1.82. The van der Waals surface area contributed by atoms with E-state index in [0.717, 1.165) is 0 Å². The van der Waals surface area contributed by atoms with Gasteiger partial charge in [0, 0.05) is 23.0 Å². The smallest absolute Gasteiger partial charge is 0.0294 e. The minimum absolute atomic E-state index is 0.423. The molecular weight excluding hydrogens is 252 g/mol. The second-order valence-electron chi connectivity index (χ2n) is 5.59. The molecule has 3 unspecified atom stereocenters. The van der Waals surface area contributed by atoms with Crippen LogP contribution in [-0.4, -0.2) is 24.9 Å². The molecule has 0 radical (unpaired) electrons. The van der Waals surface area contributed by atoms with E-state index in [-0.39, 0.29) is 0 Å². The average Bonchev–Trinajstić information content (AvgIpc) is 2.91. The predicted octanol–water partition coefficient (Wildman–Crippen LogP) is 3.59. The van der Waals surface area contributed by atoms with Crippen molar-refractivity contribution in [3.05, 3.63) is 29.8 Å². The van der Waals surface area contributed by atoms with Crippen molar-refractivity contribution in [2.75, 3.05) is 12.8 Å². The normalized spacial score (nSPS) is 22.4. The Bertz CT molecular complexity index is 371. The summed E-state index contributed by atoms with van der Waals surface area (Å²) in [5.41, 5.74) is 1.38. The highest BCUT2D eigenvalue weighted by molar-refractivity contribution is 7.98. The van der Waals surface area contributed by atoms with Crippen LogP contribution in [0.5, 0.6) is 0 Å². The van der Waals surface area contributed by atoms with Crippen LogP contribution in [0.4, 0.5) is 0 Å². The van der Waals surface area contributed by atoms with E-state index in [1.165, 1.54) is 36.3 Å². The molecule has 106 valence electrons. The number of thioether (sulfide) groups is 1. The Morgan fingerprint density at radius 2 is 2.05 bits per heavy atom. The molecule has 0 saturated carbocycles. The zero-order valence-electron chi connectivity index (χ0n) is 12.3. The van der Waals surface area contributed by atoms with Crippen LogP contribution in [0.15, 0.2) is 29.2 Å². The van der Waals surface area contributed by atoms with Gasteiger partial charge in [-0.05, 0) is 63.6 Å². The Morgan fingerprint density at radius 3 is 2.63 bits per heavy atom. The summed E-state index contributed by atoms with van der Waals surface area (Å²) in [5, 5.41) is 7.29. The number of nitrogens with one attached hydrogen (secondary N) is 2. The van der Waals surface area contributed by atoms with Crippen molar-refractivity contribution in [1.29, 1.82) is 0 Å². The summed E-state index contributed by atoms with van der Waals surface area (Å²) in [6, 6.07) is 10.6. The maximum Gasteiger partial charge on any atom is 0.0294 e. The topological polar surface area (TPSA) is 24.1 Å². The molecule has 0 amide bonds. The first-order valence-corrected chi connectivity index (χ1v) is 8.55. The average molecular weight is 278 g/mol. The molecule has 1 aliphatic heterocycles. The second-order valence-corrected chi connectivity index (χ2v) is 6.47. The number of hydrogen-bond donors (Lipinski definition) is 2. The van der Waals surface area contributed by atoms with Crippen LogP contribution in [0.2, 0.25) is 0 Å². The van der Waals surface area contributed by atoms with Crippen LogP contribution in [0.1, 0.15) is 44.7 Å². The molecule has 2 nitrogen and oxygen atoms in total. The van der Waals surface area contributed by atoms with E-state index in [2.05, 4.69) is 55.0 Å². The molecule has 1 aliphatic rings. The Labute approximate surface area is 121 Å². The van der Waals surface area contributed by atoms with Gasteiger partial charge in [0.2, 0.25) is 0 Å². The molecule has 0 aromatic heterocycles. The minimum Gasteiger partial charge on any atom is -0.314 e. The van der Waals surface area contributed by atoms with E-state index in [4.69, 9.17) is 0 Å². The van der Waals surface area contributed by atoms with Crippen molar-refractivity contribution < 1.29 is 0 Å². The van der Waals surface area contributed by atoms with E-state index in [9.17, 15) is 0 Å². The van der Waals surface area contributed by atoms with Gasteiger partial charge in [0.25, 0.3) is 0 Å². The zero-order valence-corrected chi connectivity index (χ0v) is 13.1. The maximum atomic E-state index is 3.71. The van der Waals surface area contributed by atoms with Gasteiger partial charge in [-0.3, -0.25) is 0 Å². The van der Waals surface area contributed by atoms with Crippen LogP contribution in [-0.2, 0) is 0 Å². The molecule has 1 aromatic rings. The van der Waals surface area contributed by atoms with Crippen LogP contribution in [0.3, 0.4) is 0 Å². The lowest BCUT2D eigenvalue weighted by atomic mass is 10.0. The summed E-state index contributed by atoms with van der Waals surface area (Å²) >= 11 is 1.80. The predicted molar refractivity (Wildman–Crippen MR) is 84.9 cm³/mol. The molecule has 0 aliphatic carbocycles. The molecule has 1 fully saturated rings. The van der Waals surface area contributed by atoms with Crippen molar-refractivity contribution in [3.63, 3.8) is 0 Å². The van der Waals surface area contributed by atoms with Gasteiger partial charge in [-0.15, -0.1) is 11.8 Å². The van der Waals surface area contributed by atoms with Gasteiger partial charge in [-0.1, -0.05) is 12.1 Å². The molecule has 3 atom stereocenters. The van der Waals surface area contributed by atoms with Crippen molar-refractivity contribution in [2.24, 2.45) is 0 Å². The first-order chi connectivity index (χ1) is 9.19. The summed E-state index contributed by atoms with van der Waals surface area (Å²) in [7, 11) is 0. The van der Waals surface area contributed by atoms with E-state index >= 15 is 0 Å².